The summed E-state index contributed by atoms with van der Waals surface area (Å²) in [6, 6.07) is 55.7. The number of benzene rings is 6. The van der Waals surface area contributed by atoms with Crippen molar-refractivity contribution in [1.29, 1.82) is 0 Å². The molecule has 0 spiro atoms. The van der Waals surface area contributed by atoms with Gasteiger partial charge in [-0.3, -0.25) is 0 Å². The smallest absolute Gasteiger partial charge is 0.231 e. The molecule has 0 amide bonds. The summed E-state index contributed by atoms with van der Waals surface area (Å²) in [4.78, 5) is 15.6. The summed E-state index contributed by atoms with van der Waals surface area (Å²) >= 11 is 0. The molecule has 4 aromatic heterocycles. The van der Waals surface area contributed by atoms with Crippen LogP contribution in [0.4, 0.5) is 0 Å². The van der Waals surface area contributed by atoms with Crippen molar-refractivity contribution in [2.24, 2.45) is 0 Å². The van der Waals surface area contributed by atoms with Gasteiger partial charge in [0.25, 0.3) is 0 Å². The average Bonchev–Trinajstić information content (AvgIpc) is 3.76. The predicted molar refractivity (Wildman–Crippen MR) is 202 cm³/mol. The molecule has 0 N–H and O–H groups in total. The Kier molecular flexibility index (Phi) is 6.42. The first-order valence-electron chi connectivity index (χ1n) is 16.6. The third kappa shape index (κ3) is 4.67. The van der Waals surface area contributed by atoms with Crippen LogP contribution in [0, 0.1) is 0 Å². The quantitative estimate of drug-likeness (QED) is 0.187. The number of furan rings is 2. The minimum absolute atomic E-state index is 0.550. The molecule has 0 saturated heterocycles. The molecule has 0 fully saturated rings. The maximum absolute atomic E-state index is 6.49. The zero-order valence-electron chi connectivity index (χ0n) is 26.7. The number of pyridine rings is 1. The normalized spacial score (nSPS) is 11.6. The van der Waals surface area contributed by atoms with Crippen LogP contribution >= 0.6 is 0 Å². The molecule has 0 aliphatic heterocycles. The topological polar surface area (TPSA) is 65.0 Å². The fourth-order valence-electron chi connectivity index (χ4n) is 6.96. The van der Waals surface area contributed by atoms with Crippen molar-refractivity contribution in [3.8, 4) is 56.3 Å². The van der Waals surface area contributed by atoms with E-state index in [0.29, 0.717) is 11.5 Å². The van der Waals surface area contributed by atoms with Crippen LogP contribution in [0.15, 0.2) is 173 Å². The Morgan fingerprint density at radius 1 is 0.340 bits per heavy atom. The van der Waals surface area contributed by atoms with E-state index in [4.69, 9.17) is 23.8 Å². The van der Waals surface area contributed by atoms with Gasteiger partial charge < -0.3 is 8.83 Å². The van der Waals surface area contributed by atoms with E-state index in [-0.39, 0.29) is 0 Å². The van der Waals surface area contributed by atoms with Gasteiger partial charge >= 0.3 is 0 Å². The molecule has 234 valence electrons. The summed E-state index contributed by atoms with van der Waals surface area (Å²) < 4.78 is 12.9. The van der Waals surface area contributed by atoms with E-state index in [0.717, 1.165) is 88.8 Å². The summed E-state index contributed by atoms with van der Waals surface area (Å²) in [5.41, 5.74) is 11.4. The Hall–Kier alpha value is -6.85. The van der Waals surface area contributed by atoms with Crippen LogP contribution in [0.5, 0.6) is 0 Å². The SMILES string of the molecule is c1ccc(-c2cc(-c3nc(-c4ccccc4)cc4oc5ccccc5c34)cc(-c3nc(-c4ccccc4)nc4oc5ccccc5c34)c2)cc1. The Bertz CT molecular complexity index is 2680. The molecule has 10 rings (SSSR count). The Balaban J connectivity index is 1.31. The van der Waals surface area contributed by atoms with Gasteiger partial charge in [0, 0.05) is 39.1 Å². The molecule has 10 aromatic rings. The molecular formula is C45H27N3O2. The van der Waals surface area contributed by atoms with Crippen LogP contribution in [-0.4, -0.2) is 15.0 Å². The van der Waals surface area contributed by atoms with Crippen molar-refractivity contribution in [1.82, 2.24) is 15.0 Å². The second-order valence-corrected chi connectivity index (χ2v) is 12.4. The summed E-state index contributed by atoms with van der Waals surface area (Å²) in [5.74, 6) is 0.603. The lowest BCUT2D eigenvalue weighted by Gasteiger charge is -2.13. The van der Waals surface area contributed by atoms with Crippen molar-refractivity contribution in [3.63, 3.8) is 0 Å². The van der Waals surface area contributed by atoms with Crippen molar-refractivity contribution in [3.05, 3.63) is 164 Å². The minimum atomic E-state index is 0.550. The van der Waals surface area contributed by atoms with Crippen LogP contribution in [-0.2, 0) is 0 Å². The molecule has 5 nitrogen and oxygen atoms in total. The van der Waals surface area contributed by atoms with Crippen LogP contribution in [0.1, 0.15) is 0 Å². The van der Waals surface area contributed by atoms with Gasteiger partial charge in [-0.05, 0) is 41.5 Å². The highest BCUT2D eigenvalue weighted by atomic mass is 16.3. The maximum Gasteiger partial charge on any atom is 0.231 e. The molecule has 0 aliphatic carbocycles. The first-order valence-corrected chi connectivity index (χ1v) is 16.6. The zero-order valence-corrected chi connectivity index (χ0v) is 26.7. The van der Waals surface area contributed by atoms with Gasteiger partial charge in [-0.2, -0.15) is 4.98 Å². The number of nitrogens with zero attached hydrogens (tertiary/aromatic N) is 3. The maximum atomic E-state index is 6.49. The van der Waals surface area contributed by atoms with Gasteiger partial charge in [-0.25, -0.2) is 9.97 Å². The van der Waals surface area contributed by atoms with Crippen LogP contribution in [0.25, 0.3) is 100 Å². The van der Waals surface area contributed by atoms with Crippen LogP contribution in [0.2, 0.25) is 0 Å². The van der Waals surface area contributed by atoms with E-state index < -0.39 is 0 Å². The van der Waals surface area contributed by atoms with Gasteiger partial charge in [0.05, 0.1) is 27.9 Å². The number of para-hydroxylation sites is 2. The molecule has 0 atom stereocenters. The molecule has 50 heavy (non-hydrogen) atoms. The number of hydrogen-bond donors (Lipinski definition) is 0. The van der Waals surface area contributed by atoms with E-state index in [1.54, 1.807) is 0 Å². The molecule has 0 saturated carbocycles. The lowest BCUT2D eigenvalue weighted by atomic mass is 9.94. The molecule has 6 aromatic carbocycles. The fourth-order valence-corrected chi connectivity index (χ4v) is 6.96. The molecular weight excluding hydrogens is 615 g/mol. The summed E-state index contributed by atoms with van der Waals surface area (Å²) in [7, 11) is 0. The Labute approximate surface area is 287 Å². The number of aromatic nitrogens is 3. The second kappa shape index (κ2) is 11.4. The van der Waals surface area contributed by atoms with E-state index in [1.807, 2.05) is 97.1 Å². The predicted octanol–water partition coefficient (Wildman–Crippen LogP) is 12.0. The summed E-state index contributed by atoms with van der Waals surface area (Å²) in [6.45, 7) is 0. The van der Waals surface area contributed by atoms with Gasteiger partial charge in [-0.1, -0.05) is 127 Å². The average molecular weight is 642 g/mol. The monoisotopic (exact) mass is 641 g/mol. The van der Waals surface area contributed by atoms with Crippen molar-refractivity contribution < 1.29 is 8.83 Å². The fraction of sp³-hybridized carbons (Fsp3) is 0. The second-order valence-electron chi connectivity index (χ2n) is 12.4. The van der Waals surface area contributed by atoms with Crippen LogP contribution < -0.4 is 0 Å². The lowest BCUT2D eigenvalue weighted by molar-refractivity contribution is 0.653. The highest BCUT2D eigenvalue weighted by Crippen LogP contribution is 2.42. The highest BCUT2D eigenvalue weighted by Gasteiger charge is 2.22. The van der Waals surface area contributed by atoms with E-state index in [1.165, 1.54) is 0 Å². The molecule has 4 heterocycles. The number of rotatable bonds is 5. The van der Waals surface area contributed by atoms with Gasteiger partial charge in [0.2, 0.25) is 5.71 Å². The minimum Gasteiger partial charge on any atom is -0.456 e. The first-order chi connectivity index (χ1) is 24.8. The number of hydrogen-bond acceptors (Lipinski definition) is 5. The van der Waals surface area contributed by atoms with Gasteiger partial charge in [-0.15, -0.1) is 0 Å². The van der Waals surface area contributed by atoms with E-state index in [2.05, 4.69) is 66.7 Å². The molecule has 0 radical (unpaired) electrons. The first kappa shape index (κ1) is 28.2. The third-order valence-electron chi connectivity index (χ3n) is 9.29. The van der Waals surface area contributed by atoms with E-state index in [9.17, 15) is 0 Å². The zero-order chi connectivity index (χ0) is 33.0. The van der Waals surface area contributed by atoms with Crippen LogP contribution in [0.3, 0.4) is 0 Å². The van der Waals surface area contributed by atoms with E-state index >= 15 is 0 Å². The standard InChI is InChI=1S/C45H27N3O2/c1-4-14-28(15-5-1)31-24-32(42-40-34-20-10-12-22-37(34)49-39(40)27-36(46-42)29-16-6-2-7-17-29)26-33(25-31)43-41-35-21-11-13-23-38(35)50-45(41)48-44(47-43)30-18-8-3-9-19-30/h1-27H. The summed E-state index contributed by atoms with van der Waals surface area (Å²) in [6.07, 6.45) is 0. The number of fused-ring (bicyclic) bond motifs is 6. The molecule has 5 heteroatoms. The lowest BCUT2D eigenvalue weighted by Crippen LogP contribution is -1.96. The molecule has 0 aliphatic rings. The largest absolute Gasteiger partial charge is 0.456 e. The van der Waals surface area contributed by atoms with Gasteiger partial charge in [0.15, 0.2) is 5.82 Å². The molecule has 0 bridgehead atoms. The third-order valence-corrected chi connectivity index (χ3v) is 9.29. The Morgan fingerprint density at radius 3 is 1.54 bits per heavy atom. The highest BCUT2D eigenvalue weighted by molar-refractivity contribution is 6.14. The summed E-state index contributed by atoms with van der Waals surface area (Å²) in [5, 5.41) is 3.84. The van der Waals surface area contributed by atoms with Crippen molar-refractivity contribution in [2.75, 3.05) is 0 Å². The Morgan fingerprint density at radius 2 is 0.860 bits per heavy atom. The van der Waals surface area contributed by atoms with Crippen molar-refractivity contribution in [2.45, 2.75) is 0 Å². The van der Waals surface area contributed by atoms with Gasteiger partial charge in [0.1, 0.15) is 16.7 Å². The molecule has 0 unspecified atom stereocenters. The van der Waals surface area contributed by atoms with Crippen molar-refractivity contribution >= 4 is 44.0 Å².